The number of hydrogen-bond donors (Lipinski definition) is 3. The van der Waals surface area contributed by atoms with E-state index in [4.69, 9.17) is 27.5 Å². The molecule has 0 amide bonds. The Hall–Kier alpha value is -1.26. The van der Waals surface area contributed by atoms with Gasteiger partial charge in [0, 0.05) is 16.3 Å². The molecule has 1 rings (SSSR count). The Morgan fingerprint density at radius 2 is 2.15 bits per heavy atom. The van der Waals surface area contributed by atoms with Gasteiger partial charge in [-0.3, -0.25) is 0 Å². The van der Waals surface area contributed by atoms with E-state index in [9.17, 15) is 4.79 Å². The molecule has 4 nitrogen and oxygen atoms in total. The van der Waals surface area contributed by atoms with Crippen LogP contribution in [0.5, 0.6) is 0 Å². The van der Waals surface area contributed by atoms with Crippen molar-refractivity contribution in [2.45, 2.75) is 6.10 Å². The van der Waals surface area contributed by atoms with Crippen molar-refractivity contribution in [3.05, 3.63) is 28.8 Å². The Balaban J connectivity index is 3.12. The molecule has 5 heteroatoms. The number of anilines is 1. The highest BCUT2D eigenvalue weighted by Gasteiger charge is 2.18. The number of benzene rings is 1. The standard InChI is InChI=1S/C8H8ClNO3/c9-4-1-2-6(10)5(3-4)7(11)8(12)13/h1-3,7,11H,10H2,(H,12,13). The highest BCUT2D eigenvalue weighted by atomic mass is 35.5. The topological polar surface area (TPSA) is 83.5 Å². The minimum atomic E-state index is -1.63. The molecular formula is C8H8ClNO3. The molecule has 1 atom stereocenters. The van der Waals surface area contributed by atoms with Crippen LogP contribution in [0.2, 0.25) is 5.02 Å². The summed E-state index contributed by atoms with van der Waals surface area (Å²) < 4.78 is 0. The third-order valence-electron chi connectivity index (χ3n) is 1.58. The first-order chi connectivity index (χ1) is 6.02. The van der Waals surface area contributed by atoms with Crippen molar-refractivity contribution in [2.24, 2.45) is 0 Å². The summed E-state index contributed by atoms with van der Waals surface area (Å²) in [6.07, 6.45) is -1.63. The number of aliphatic hydroxyl groups excluding tert-OH is 1. The fourth-order valence-electron chi connectivity index (χ4n) is 0.915. The van der Waals surface area contributed by atoms with E-state index in [1.165, 1.54) is 18.2 Å². The van der Waals surface area contributed by atoms with E-state index in [1.807, 2.05) is 0 Å². The van der Waals surface area contributed by atoms with Gasteiger partial charge in [-0.05, 0) is 18.2 Å². The molecule has 0 bridgehead atoms. The summed E-state index contributed by atoms with van der Waals surface area (Å²) in [5.74, 6) is -1.35. The van der Waals surface area contributed by atoms with E-state index < -0.39 is 12.1 Å². The van der Waals surface area contributed by atoms with E-state index in [0.717, 1.165) is 0 Å². The molecular weight excluding hydrogens is 194 g/mol. The maximum absolute atomic E-state index is 10.4. The third-order valence-corrected chi connectivity index (χ3v) is 1.81. The molecule has 0 saturated carbocycles. The number of rotatable bonds is 2. The number of halogens is 1. The number of carbonyl (C=O) groups is 1. The van der Waals surface area contributed by atoms with Crippen LogP contribution in [0.4, 0.5) is 5.69 Å². The molecule has 0 radical (unpaired) electrons. The Labute approximate surface area is 79.6 Å². The van der Waals surface area contributed by atoms with Crippen molar-refractivity contribution in [3.8, 4) is 0 Å². The van der Waals surface area contributed by atoms with Crippen LogP contribution in [0.25, 0.3) is 0 Å². The Bertz CT molecular complexity index is 340. The first-order valence-corrected chi connectivity index (χ1v) is 3.86. The number of aliphatic carboxylic acids is 1. The van der Waals surface area contributed by atoms with Gasteiger partial charge in [-0.25, -0.2) is 4.79 Å². The van der Waals surface area contributed by atoms with Crippen LogP contribution < -0.4 is 5.73 Å². The van der Waals surface area contributed by atoms with Crippen LogP contribution in [0.1, 0.15) is 11.7 Å². The molecule has 0 aromatic heterocycles. The first kappa shape index (κ1) is 9.83. The Morgan fingerprint density at radius 1 is 1.54 bits per heavy atom. The lowest BCUT2D eigenvalue weighted by Crippen LogP contribution is -2.12. The van der Waals surface area contributed by atoms with E-state index in [-0.39, 0.29) is 11.3 Å². The lowest BCUT2D eigenvalue weighted by Gasteiger charge is -2.08. The van der Waals surface area contributed by atoms with Gasteiger partial charge in [0.1, 0.15) is 0 Å². The van der Waals surface area contributed by atoms with Gasteiger partial charge in [-0.2, -0.15) is 0 Å². The highest BCUT2D eigenvalue weighted by Crippen LogP contribution is 2.24. The van der Waals surface area contributed by atoms with Crippen molar-refractivity contribution in [3.63, 3.8) is 0 Å². The molecule has 1 aromatic rings. The number of carboxylic acids is 1. The molecule has 0 fully saturated rings. The quantitative estimate of drug-likeness (QED) is 0.625. The van der Waals surface area contributed by atoms with Crippen molar-refractivity contribution in [1.29, 1.82) is 0 Å². The van der Waals surface area contributed by atoms with Gasteiger partial charge in [0.2, 0.25) is 0 Å². The van der Waals surface area contributed by atoms with Crippen LogP contribution in [0.3, 0.4) is 0 Å². The first-order valence-electron chi connectivity index (χ1n) is 3.48. The van der Waals surface area contributed by atoms with Gasteiger partial charge in [0.15, 0.2) is 6.10 Å². The number of nitrogens with two attached hydrogens (primary N) is 1. The van der Waals surface area contributed by atoms with E-state index in [0.29, 0.717) is 5.02 Å². The molecule has 0 saturated heterocycles. The van der Waals surface area contributed by atoms with Crippen molar-refractivity contribution >= 4 is 23.3 Å². The number of nitrogen functional groups attached to an aromatic ring is 1. The Kier molecular flexibility index (Phi) is 2.75. The molecule has 70 valence electrons. The largest absolute Gasteiger partial charge is 0.479 e. The van der Waals surface area contributed by atoms with Crippen molar-refractivity contribution in [2.75, 3.05) is 5.73 Å². The maximum atomic E-state index is 10.4. The zero-order chi connectivity index (χ0) is 10.0. The summed E-state index contributed by atoms with van der Waals surface area (Å²) in [5.41, 5.74) is 5.76. The number of carboxylic acid groups (broad SMARTS) is 1. The fourth-order valence-corrected chi connectivity index (χ4v) is 1.10. The highest BCUT2D eigenvalue weighted by molar-refractivity contribution is 6.30. The predicted octanol–water partition coefficient (Wildman–Crippen LogP) is 1.04. The summed E-state index contributed by atoms with van der Waals surface area (Å²) in [7, 11) is 0. The molecule has 1 aromatic carbocycles. The van der Waals surface area contributed by atoms with Crippen LogP contribution in [-0.2, 0) is 4.79 Å². The minimum Gasteiger partial charge on any atom is -0.479 e. The second-order valence-corrected chi connectivity index (χ2v) is 2.95. The summed E-state index contributed by atoms with van der Waals surface area (Å²) in [6.45, 7) is 0. The minimum absolute atomic E-state index is 0.111. The SMILES string of the molecule is Nc1ccc(Cl)cc1C(O)C(=O)O. The second-order valence-electron chi connectivity index (χ2n) is 2.51. The molecule has 0 heterocycles. The van der Waals surface area contributed by atoms with E-state index in [1.54, 1.807) is 0 Å². The predicted molar refractivity (Wildman–Crippen MR) is 48.5 cm³/mol. The molecule has 0 aliphatic rings. The molecule has 4 N–H and O–H groups in total. The molecule has 13 heavy (non-hydrogen) atoms. The van der Waals surface area contributed by atoms with Crippen molar-refractivity contribution < 1.29 is 15.0 Å². The van der Waals surface area contributed by atoms with Gasteiger partial charge in [0.05, 0.1) is 0 Å². The maximum Gasteiger partial charge on any atom is 0.337 e. The molecule has 0 aliphatic heterocycles. The van der Waals surface area contributed by atoms with Gasteiger partial charge in [0.25, 0.3) is 0 Å². The monoisotopic (exact) mass is 201 g/mol. The van der Waals surface area contributed by atoms with Crippen LogP contribution in [-0.4, -0.2) is 16.2 Å². The Morgan fingerprint density at radius 3 is 2.69 bits per heavy atom. The zero-order valence-corrected chi connectivity index (χ0v) is 7.32. The lowest BCUT2D eigenvalue weighted by atomic mass is 10.1. The molecule has 1 unspecified atom stereocenters. The van der Waals surface area contributed by atoms with Gasteiger partial charge in [-0.15, -0.1) is 0 Å². The zero-order valence-electron chi connectivity index (χ0n) is 6.57. The van der Waals surface area contributed by atoms with Crippen LogP contribution >= 0.6 is 11.6 Å². The van der Waals surface area contributed by atoms with E-state index in [2.05, 4.69) is 0 Å². The van der Waals surface area contributed by atoms with E-state index >= 15 is 0 Å². The van der Waals surface area contributed by atoms with Gasteiger partial charge < -0.3 is 15.9 Å². The van der Waals surface area contributed by atoms with Crippen molar-refractivity contribution in [1.82, 2.24) is 0 Å². The van der Waals surface area contributed by atoms with Gasteiger partial charge >= 0.3 is 5.97 Å². The molecule has 0 aliphatic carbocycles. The normalized spacial score (nSPS) is 12.5. The number of aliphatic hydroxyl groups is 1. The summed E-state index contributed by atoms with van der Waals surface area (Å²) in [6, 6.07) is 4.30. The average molecular weight is 202 g/mol. The van der Waals surface area contributed by atoms with Crippen LogP contribution in [0, 0.1) is 0 Å². The average Bonchev–Trinajstić information content (AvgIpc) is 2.08. The van der Waals surface area contributed by atoms with Crippen LogP contribution in [0.15, 0.2) is 18.2 Å². The lowest BCUT2D eigenvalue weighted by molar-refractivity contribution is -0.146. The summed E-state index contributed by atoms with van der Waals surface area (Å²) in [5, 5.41) is 18.0. The smallest absolute Gasteiger partial charge is 0.337 e. The second kappa shape index (κ2) is 3.64. The fraction of sp³-hybridized carbons (Fsp3) is 0.125. The van der Waals surface area contributed by atoms with Gasteiger partial charge in [-0.1, -0.05) is 11.6 Å². The third kappa shape index (κ3) is 2.11. The number of hydrogen-bond acceptors (Lipinski definition) is 3. The summed E-state index contributed by atoms with van der Waals surface area (Å²) in [4.78, 5) is 10.4. The summed E-state index contributed by atoms with van der Waals surface area (Å²) >= 11 is 5.61. The molecule has 0 spiro atoms.